The number of aromatic nitrogens is 4. The second kappa shape index (κ2) is 10.5. The molecule has 0 radical (unpaired) electrons. The predicted octanol–water partition coefficient (Wildman–Crippen LogP) is 4.92. The molecule has 186 valence electrons. The first-order valence-corrected chi connectivity index (χ1v) is 13.0. The Hall–Kier alpha value is -3.74. The number of aryl methyl sites for hydroxylation is 2. The molecular formula is C29H34N6O. The van der Waals surface area contributed by atoms with Gasteiger partial charge < -0.3 is 9.80 Å². The average Bonchev–Trinajstić information content (AvgIpc) is 3.26. The summed E-state index contributed by atoms with van der Waals surface area (Å²) in [5.41, 5.74) is 3.85. The molecule has 1 atom stereocenters. The molecule has 3 heterocycles. The number of hydrogen-bond donors (Lipinski definition) is 0. The third kappa shape index (κ3) is 4.57. The van der Waals surface area contributed by atoms with Gasteiger partial charge in [0, 0.05) is 32.6 Å². The fraction of sp³-hybridized carbons (Fsp3) is 0.379. The highest BCUT2D eigenvalue weighted by Gasteiger charge is 2.29. The molecule has 1 aliphatic heterocycles. The van der Waals surface area contributed by atoms with Crippen molar-refractivity contribution in [1.29, 1.82) is 0 Å². The van der Waals surface area contributed by atoms with Gasteiger partial charge in [-0.1, -0.05) is 62.4 Å². The second-order valence-corrected chi connectivity index (χ2v) is 9.43. The summed E-state index contributed by atoms with van der Waals surface area (Å²) in [5, 5.41) is 5.85. The molecule has 0 unspecified atom stereocenters. The molecule has 0 N–H and O–H groups in total. The summed E-state index contributed by atoms with van der Waals surface area (Å²) < 4.78 is 1.93. The van der Waals surface area contributed by atoms with E-state index in [9.17, 15) is 4.79 Å². The van der Waals surface area contributed by atoms with E-state index >= 15 is 0 Å². The molecule has 1 aliphatic rings. The van der Waals surface area contributed by atoms with E-state index in [1.54, 1.807) is 0 Å². The fourth-order valence-electron chi connectivity index (χ4n) is 5.12. The van der Waals surface area contributed by atoms with E-state index in [2.05, 4.69) is 43.0 Å². The first-order valence-electron chi connectivity index (χ1n) is 13.0. The molecule has 0 saturated carbocycles. The Morgan fingerprint density at radius 3 is 2.22 bits per heavy atom. The lowest BCUT2D eigenvalue weighted by Gasteiger charge is -2.37. The molecule has 7 heteroatoms. The van der Waals surface area contributed by atoms with Crippen LogP contribution in [0.25, 0.3) is 16.7 Å². The van der Waals surface area contributed by atoms with Crippen LogP contribution in [0.5, 0.6) is 0 Å². The average molecular weight is 483 g/mol. The maximum Gasteiger partial charge on any atom is 0.230 e. The smallest absolute Gasteiger partial charge is 0.230 e. The molecule has 5 rings (SSSR count). The Morgan fingerprint density at radius 1 is 0.917 bits per heavy atom. The van der Waals surface area contributed by atoms with Gasteiger partial charge in [0.2, 0.25) is 5.91 Å². The summed E-state index contributed by atoms with van der Waals surface area (Å²) in [7, 11) is 0. The summed E-state index contributed by atoms with van der Waals surface area (Å²) in [5.74, 6) is 1.90. The van der Waals surface area contributed by atoms with Crippen molar-refractivity contribution in [2.45, 2.75) is 46.0 Å². The number of carbonyl (C=O) groups excluding carboxylic acids is 1. The Morgan fingerprint density at radius 2 is 1.58 bits per heavy atom. The van der Waals surface area contributed by atoms with Gasteiger partial charge >= 0.3 is 0 Å². The van der Waals surface area contributed by atoms with E-state index in [0.717, 1.165) is 72.0 Å². The number of amides is 1. The van der Waals surface area contributed by atoms with Crippen LogP contribution < -0.4 is 4.90 Å². The molecule has 4 aromatic rings. The Kier molecular flexibility index (Phi) is 6.98. The lowest BCUT2D eigenvalue weighted by molar-refractivity contribution is -0.133. The standard InChI is InChI=1S/C29H34N6O/c1-4-12-25-30-27(26-21(3)32-35(28(26)31-25)23-15-10-7-11-16-23)33-17-19-34(20-18-33)29(36)24(5-2)22-13-8-6-9-14-22/h6-11,13-16,24H,4-5,12,17-20H2,1-3H3/t24-/m0/s1. The predicted molar refractivity (Wildman–Crippen MR) is 144 cm³/mol. The largest absolute Gasteiger partial charge is 0.352 e. The van der Waals surface area contributed by atoms with E-state index < -0.39 is 0 Å². The normalized spacial score (nSPS) is 14.9. The van der Waals surface area contributed by atoms with Gasteiger partial charge in [0.1, 0.15) is 11.6 Å². The monoisotopic (exact) mass is 482 g/mol. The quantitative estimate of drug-likeness (QED) is 0.374. The van der Waals surface area contributed by atoms with Crippen LogP contribution in [-0.4, -0.2) is 56.7 Å². The van der Waals surface area contributed by atoms with Crippen LogP contribution in [0.2, 0.25) is 0 Å². The van der Waals surface area contributed by atoms with Crippen molar-refractivity contribution in [1.82, 2.24) is 24.6 Å². The van der Waals surface area contributed by atoms with Crippen LogP contribution in [-0.2, 0) is 11.2 Å². The zero-order valence-corrected chi connectivity index (χ0v) is 21.4. The topological polar surface area (TPSA) is 67.2 Å². The first kappa shape index (κ1) is 24.0. The number of benzene rings is 2. The van der Waals surface area contributed by atoms with Gasteiger partial charge in [-0.15, -0.1) is 0 Å². The van der Waals surface area contributed by atoms with Gasteiger partial charge in [-0.3, -0.25) is 4.79 Å². The lowest BCUT2D eigenvalue weighted by Crippen LogP contribution is -2.50. The van der Waals surface area contributed by atoms with Crippen molar-refractivity contribution < 1.29 is 4.79 Å². The van der Waals surface area contributed by atoms with E-state index in [-0.39, 0.29) is 11.8 Å². The molecule has 0 spiro atoms. The highest BCUT2D eigenvalue weighted by Crippen LogP contribution is 2.30. The summed E-state index contributed by atoms with van der Waals surface area (Å²) in [6, 6.07) is 20.3. The number of hydrogen-bond acceptors (Lipinski definition) is 5. The molecule has 1 fully saturated rings. The summed E-state index contributed by atoms with van der Waals surface area (Å²) in [6.07, 6.45) is 2.59. The lowest BCUT2D eigenvalue weighted by atomic mass is 9.95. The molecule has 7 nitrogen and oxygen atoms in total. The zero-order valence-electron chi connectivity index (χ0n) is 21.4. The van der Waals surface area contributed by atoms with Crippen molar-refractivity contribution in [3.05, 3.63) is 77.7 Å². The van der Waals surface area contributed by atoms with Crippen LogP contribution in [0, 0.1) is 6.92 Å². The van der Waals surface area contributed by atoms with Gasteiger partial charge in [0.05, 0.1) is 22.7 Å². The highest BCUT2D eigenvalue weighted by molar-refractivity contribution is 5.91. The van der Waals surface area contributed by atoms with Gasteiger partial charge in [-0.25, -0.2) is 14.6 Å². The molecule has 0 aliphatic carbocycles. The number of fused-ring (bicyclic) bond motifs is 1. The van der Waals surface area contributed by atoms with E-state index in [0.29, 0.717) is 13.1 Å². The summed E-state index contributed by atoms with van der Waals surface area (Å²) >= 11 is 0. The third-order valence-electron chi connectivity index (χ3n) is 7.00. The minimum Gasteiger partial charge on any atom is -0.352 e. The number of para-hydroxylation sites is 1. The van der Waals surface area contributed by atoms with Gasteiger partial charge in [-0.05, 0) is 37.5 Å². The van der Waals surface area contributed by atoms with Gasteiger partial charge in [0.25, 0.3) is 0 Å². The van der Waals surface area contributed by atoms with Crippen LogP contribution >= 0.6 is 0 Å². The van der Waals surface area contributed by atoms with Crippen molar-refractivity contribution in [2.75, 3.05) is 31.1 Å². The molecule has 2 aromatic carbocycles. The Balaban J connectivity index is 1.43. The van der Waals surface area contributed by atoms with Crippen LogP contribution in [0.4, 0.5) is 5.82 Å². The first-order chi connectivity index (χ1) is 17.6. The number of anilines is 1. The van der Waals surface area contributed by atoms with Gasteiger partial charge in [0.15, 0.2) is 5.65 Å². The van der Waals surface area contributed by atoms with Crippen molar-refractivity contribution in [3.8, 4) is 5.69 Å². The number of rotatable bonds is 7. The third-order valence-corrected chi connectivity index (χ3v) is 7.00. The zero-order chi connectivity index (χ0) is 25.1. The summed E-state index contributed by atoms with van der Waals surface area (Å²) in [4.78, 5) is 27.7. The highest BCUT2D eigenvalue weighted by atomic mass is 16.2. The molecule has 1 saturated heterocycles. The van der Waals surface area contributed by atoms with Crippen LogP contribution in [0.3, 0.4) is 0 Å². The molecule has 1 amide bonds. The van der Waals surface area contributed by atoms with E-state index in [4.69, 9.17) is 15.1 Å². The fourth-order valence-corrected chi connectivity index (χ4v) is 5.12. The number of carbonyl (C=O) groups is 1. The van der Waals surface area contributed by atoms with E-state index in [1.165, 1.54) is 0 Å². The van der Waals surface area contributed by atoms with Crippen LogP contribution in [0.1, 0.15) is 49.7 Å². The Bertz CT molecular complexity index is 1330. The van der Waals surface area contributed by atoms with E-state index in [1.807, 2.05) is 52.9 Å². The van der Waals surface area contributed by atoms with Crippen molar-refractivity contribution >= 4 is 22.8 Å². The van der Waals surface area contributed by atoms with Crippen molar-refractivity contribution in [2.24, 2.45) is 0 Å². The van der Waals surface area contributed by atoms with Crippen molar-refractivity contribution in [3.63, 3.8) is 0 Å². The minimum atomic E-state index is -0.0917. The second-order valence-electron chi connectivity index (χ2n) is 9.43. The molecule has 0 bridgehead atoms. The Labute approximate surface area is 212 Å². The molecule has 2 aromatic heterocycles. The maximum absolute atomic E-state index is 13.4. The SMILES string of the molecule is CCCc1nc(N2CCN(C(=O)[C@@H](CC)c3ccccc3)CC2)c2c(C)nn(-c3ccccc3)c2n1. The molecular weight excluding hydrogens is 448 g/mol. The van der Waals surface area contributed by atoms with Crippen LogP contribution in [0.15, 0.2) is 60.7 Å². The number of nitrogens with zero attached hydrogens (tertiary/aromatic N) is 6. The summed E-state index contributed by atoms with van der Waals surface area (Å²) in [6.45, 7) is 9.11. The maximum atomic E-state index is 13.4. The molecule has 36 heavy (non-hydrogen) atoms. The van der Waals surface area contributed by atoms with Gasteiger partial charge in [-0.2, -0.15) is 5.10 Å². The minimum absolute atomic E-state index is 0.0917. The number of piperazine rings is 1.